The maximum Gasteiger partial charge on any atom is 0.278 e. The van der Waals surface area contributed by atoms with Gasteiger partial charge in [-0.15, -0.1) is 0 Å². The molecule has 5 nitrogen and oxygen atoms in total. The van der Waals surface area contributed by atoms with Crippen molar-refractivity contribution in [1.29, 1.82) is 0 Å². The Bertz CT molecular complexity index is 856. The van der Waals surface area contributed by atoms with E-state index < -0.39 is 0 Å². The van der Waals surface area contributed by atoms with Crippen molar-refractivity contribution in [2.75, 3.05) is 33.4 Å². The molecule has 2 aromatic carbocycles. The number of nitrogens with one attached hydrogen (secondary N) is 1. The molecule has 4 rings (SSSR count). The van der Waals surface area contributed by atoms with E-state index in [1.807, 2.05) is 35.2 Å². The third kappa shape index (κ3) is 4.85. The van der Waals surface area contributed by atoms with Crippen molar-refractivity contribution in [3.05, 3.63) is 58.6 Å². The lowest BCUT2D eigenvalue weighted by atomic mass is 10.0. The van der Waals surface area contributed by atoms with E-state index in [1.165, 1.54) is 10.5 Å². The fourth-order valence-corrected chi connectivity index (χ4v) is 4.30. The van der Waals surface area contributed by atoms with Gasteiger partial charge in [-0.1, -0.05) is 29.8 Å². The molecule has 29 heavy (non-hydrogen) atoms. The number of fused-ring (bicyclic) bond motifs is 1. The Labute approximate surface area is 177 Å². The Balaban J connectivity index is 1.41. The van der Waals surface area contributed by atoms with Crippen LogP contribution in [-0.2, 0) is 11.3 Å². The summed E-state index contributed by atoms with van der Waals surface area (Å²) in [5.41, 5.74) is 2.32. The van der Waals surface area contributed by atoms with Crippen molar-refractivity contribution >= 4 is 17.5 Å². The van der Waals surface area contributed by atoms with Crippen LogP contribution in [0.3, 0.4) is 0 Å². The number of nitrogens with zero attached hydrogens (tertiary/aromatic N) is 1. The van der Waals surface area contributed by atoms with E-state index in [-0.39, 0.29) is 11.9 Å². The largest absolute Gasteiger partial charge is 0.490 e. The molecular weight excluding hydrogens is 388 g/mol. The summed E-state index contributed by atoms with van der Waals surface area (Å²) in [6, 6.07) is 14.1. The summed E-state index contributed by atoms with van der Waals surface area (Å²) in [4.78, 5) is 16.3. The molecule has 0 bridgehead atoms. The highest BCUT2D eigenvalue weighted by molar-refractivity contribution is 6.30. The van der Waals surface area contributed by atoms with E-state index >= 15 is 0 Å². The number of likely N-dealkylation sites (N-methyl/N-ethyl adjacent to an activating group) is 1. The Kier molecular flexibility index (Phi) is 6.26. The van der Waals surface area contributed by atoms with E-state index in [9.17, 15) is 4.79 Å². The third-order valence-corrected chi connectivity index (χ3v) is 5.85. The second-order valence-corrected chi connectivity index (χ2v) is 8.38. The van der Waals surface area contributed by atoms with E-state index in [1.54, 1.807) is 0 Å². The zero-order valence-corrected chi connectivity index (χ0v) is 17.6. The first kappa shape index (κ1) is 20.0. The summed E-state index contributed by atoms with van der Waals surface area (Å²) >= 11 is 5.96. The van der Waals surface area contributed by atoms with E-state index in [2.05, 4.69) is 19.2 Å². The molecular formula is C23H28ClN2O3+. The van der Waals surface area contributed by atoms with Gasteiger partial charge in [0.05, 0.1) is 26.3 Å². The minimum atomic E-state index is 0.114. The molecule has 1 amide bonds. The van der Waals surface area contributed by atoms with Gasteiger partial charge in [-0.25, -0.2) is 0 Å². The fraction of sp³-hybridized carbons (Fsp3) is 0.435. The SMILES string of the molecule is C[NH+](CC(=O)N1CCC[C@@H]1c1ccc2c(c1)OCCCO2)Cc1ccc(Cl)cc1. The van der Waals surface area contributed by atoms with Crippen LogP contribution in [0.15, 0.2) is 42.5 Å². The molecule has 2 aliphatic rings. The Morgan fingerprint density at radius 1 is 1.10 bits per heavy atom. The number of halogens is 1. The van der Waals surface area contributed by atoms with Crippen molar-refractivity contribution < 1.29 is 19.2 Å². The van der Waals surface area contributed by atoms with Crippen LogP contribution in [0.25, 0.3) is 0 Å². The van der Waals surface area contributed by atoms with Crippen molar-refractivity contribution in [1.82, 2.24) is 4.90 Å². The quantitative estimate of drug-likeness (QED) is 0.816. The Hall–Kier alpha value is -2.24. The van der Waals surface area contributed by atoms with Crippen LogP contribution < -0.4 is 14.4 Å². The fourth-order valence-electron chi connectivity index (χ4n) is 4.17. The van der Waals surface area contributed by atoms with Crippen LogP contribution in [0, 0.1) is 0 Å². The van der Waals surface area contributed by atoms with Crippen molar-refractivity contribution in [3.8, 4) is 11.5 Å². The normalized spacial score (nSPS) is 19.7. The van der Waals surface area contributed by atoms with Crippen LogP contribution in [0.2, 0.25) is 5.02 Å². The van der Waals surface area contributed by atoms with Crippen LogP contribution in [-0.4, -0.2) is 44.2 Å². The number of ether oxygens (including phenoxy) is 2. The highest BCUT2D eigenvalue weighted by Gasteiger charge is 2.32. The molecule has 154 valence electrons. The van der Waals surface area contributed by atoms with Gasteiger partial charge in [-0.05, 0) is 42.7 Å². The Morgan fingerprint density at radius 2 is 1.86 bits per heavy atom. The number of hydrogen-bond donors (Lipinski definition) is 1. The van der Waals surface area contributed by atoms with Gasteiger partial charge >= 0.3 is 0 Å². The highest BCUT2D eigenvalue weighted by Crippen LogP contribution is 2.37. The summed E-state index contributed by atoms with van der Waals surface area (Å²) < 4.78 is 11.6. The number of benzene rings is 2. The van der Waals surface area contributed by atoms with E-state index in [4.69, 9.17) is 21.1 Å². The molecule has 1 N–H and O–H groups in total. The maximum atomic E-state index is 13.1. The summed E-state index contributed by atoms with van der Waals surface area (Å²) in [6.45, 7) is 3.44. The van der Waals surface area contributed by atoms with E-state index in [0.717, 1.165) is 54.4 Å². The van der Waals surface area contributed by atoms with Gasteiger partial charge in [0.1, 0.15) is 6.54 Å². The van der Waals surface area contributed by atoms with Gasteiger partial charge in [0.25, 0.3) is 5.91 Å². The molecule has 2 heterocycles. The first-order chi connectivity index (χ1) is 14.1. The van der Waals surface area contributed by atoms with Gasteiger partial charge in [0, 0.05) is 23.6 Å². The second-order valence-electron chi connectivity index (χ2n) is 7.94. The molecule has 2 atom stereocenters. The molecule has 0 saturated carbocycles. The molecule has 2 aliphatic heterocycles. The monoisotopic (exact) mass is 415 g/mol. The van der Waals surface area contributed by atoms with Crippen LogP contribution in [0.1, 0.15) is 36.4 Å². The lowest BCUT2D eigenvalue weighted by Crippen LogP contribution is -3.08. The predicted molar refractivity (Wildman–Crippen MR) is 113 cm³/mol. The summed E-state index contributed by atoms with van der Waals surface area (Å²) in [5.74, 6) is 1.80. The number of quaternary nitrogens is 1. The topological polar surface area (TPSA) is 43.2 Å². The number of carbonyl (C=O) groups is 1. The van der Waals surface area contributed by atoms with Crippen molar-refractivity contribution in [2.24, 2.45) is 0 Å². The molecule has 0 spiro atoms. The molecule has 0 aromatic heterocycles. The van der Waals surface area contributed by atoms with Crippen LogP contribution in [0.4, 0.5) is 0 Å². The predicted octanol–water partition coefficient (Wildman–Crippen LogP) is 2.88. The Morgan fingerprint density at radius 3 is 2.66 bits per heavy atom. The minimum Gasteiger partial charge on any atom is -0.490 e. The molecule has 6 heteroatoms. The lowest BCUT2D eigenvalue weighted by Gasteiger charge is -2.26. The number of carbonyl (C=O) groups excluding carboxylic acids is 1. The maximum absolute atomic E-state index is 13.1. The standard InChI is InChI=1S/C23H27ClN2O3/c1-25(15-17-5-8-19(24)9-6-17)16-23(27)26-11-2-4-20(26)18-7-10-21-22(14-18)29-13-3-12-28-21/h5-10,14,20H,2-4,11-13,15-16H2,1H3/p+1/t20-/m1/s1. The second kappa shape index (κ2) is 9.06. The number of hydrogen-bond acceptors (Lipinski definition) is 3. The van der Waals surface area contributed by atoms with Gasteiger partial charge < -0.3 is 19.3 Å². The third-order valence-electron chi connectivity index (χ3n) is 5.60. The molecule has 1 fully saturated rings. The van der Waals surface area contributed by atoms with Gasteiger partial charge in [0.15, 0.2) is 18.0 Å². The van der Waals surface area contributed by atoms with Crippen LogP contribution >= 0.6 is 11.6 Å². The molecule has 1 unspecified atom stereocenters. The molecule has 2 aromatic rings. The smallest absolute Gasteiger partial charge is 0.278 e. The average Bonchev–Trinajstić information content (AvgIpc) is 3.09. The summed E-state index contributed by atoms with van der Waals surface area (Å²) in [5, 5.41) is 0.734. The minimum absolute atomic E-state index is 0.114. The molecule has 1 saturated heterocycles. The van der Waals surface area contributed by atoms with E-state index in [0.29, 0.717) is 19.8 Å². The highest BCUT2D eigenvalue weighted by atomic mass is 35.5. The van der Waals surface area contributed by atoms with Gasteiger partial charge in [-0.2, -0.15) is 0 Å². The van der Waals surface area contributed by atoms with Gasteiger partial charge in [-0.3, -0.25) is 4.79 Å². The lowest BCUT2D eigenvalue weighted by molar-refractivity contribution is -0.885. The number of amides is 1. The molecule has 0 aliphatic carbocycles. The van der Waals surface area contributed by atoms with Crippen molar-refractivity contribution in [2.45, 2.75) is 31.8 Å². The summed E-state index contributed by atoms with van der Waals surface area (Å²) in [7, 11) is 2.06. The van der Waals surface area contributed by atoms with Crippen LogP contribution in [0.5, 0.6) is 11.5 Å². The zero-order valence-electron chi connectivity index (χ0n) is 16.8. The number of likely N-dealkylation sites (tertiary alicyclic amines) is 1. The average molecular weight is 416 g/mol. The van der Waals surface area contributed by atoms with Gasteiger partial charge in [0.2, 0.25) is 0 Å². The first-order valence-corrected chi connectivity index (χ1v) is 10.7. The summed E-state index contributed by atoms with van der Waals surface area (Å²) in [6.07, 6.45) is 2.91. The number of rotatable bonds is 5. The first-order valence-electron chi connectivity index (χ1n) is 10.3. The molecule has 0 radical (unpaired) electrons. The van der Waals surface area contributed by atoms with Crippen molar-refractivity contribution in [3.63, 3.8) is 0 Å². The zero-order chi connectivity index (χ0) is 20.2.